The molecule has 88 valence electrons. The lowest BCUT2D eigenvalue weighted by molar-refractivity contribution is 0.100. The van der Waals surface area contributed by atoms with Gasteiger partial charge in [-0.3, -0.25) is 4.79 Å². The number of nitrogens with zero attached hydrogens (tertiary/aromatic N) is 1. The van der Waals surface area contributed by atoms with E-state index < -0.39 is 0 Å². The standard InChI is InChI=1S/C14H15NO2/c1-3-4-11-5-7-12(8-6-11)14-9-13(10(2)16)15-17-14/h5-9H,3-4H2,1-2H3. The molecule has 0 aliphatic heterocycles. The minimum atomic E-state index is -0.0809. The van der Waals surface area contributed by atoms with Crippen molar-refractivity contribution in [2.45, 2.75) is 26.7 Å². The lowest BCUT2D eigenvalue weighted by Crippen LogP contribution is -1.89. The summed E-state index contributed by atoms with van der Waals surface area (Å²) in [6.45, 7) is 3.63. The van der Waals surface area contributed by atoms with E-state index in [2.05, 4.69) is 24.2 Å². The van der Waals surface area contributed by atoms with Gasteiger partial charge in [0.05, 0.1) is 0 Å². The van der Waals surface area contributed by atoms with E-state index in [0.717, 1.165) is 18.4 Å². The van der Waals surface area contributed by atoms with Crippen LogP contribution in [0.1, 0.15) is 36.3 Å². The van der Waals surface area contributed by atoms with Gasteiger partial charge in [0.25, 0.3) is 0 Å². The molecule has 0 N–H and O–H groups in total. The minimum Gasteiger partial charge on any atom is -0.356 e. The molecule has 0 aliphatic rings. The zero-order valence-corrected chi connectivity index (χ0v) is 10.1. The first-order chi connectivity index (χ1) is 8.20. The van der Waals surface area contributed by atoms with Crippen molar-refractivity contribution in [3.8, 4) is 11.3 Å². The van der Waals surface area contributed by atoms with Crippen molar-refractivity contribution in [1.29, 1.82) is 0 Å². The van der Waals surface area contributed by atoms with Crippen LogP contribution < -0.4 is 0 Å². The number of benzene rings is 1. The fraction of sp³-hybridized carbons (Fsp3) is 0.286. The first kappa shape index (κ1) is 11.6. The molecule has 0 amide bonds. The van der Waals surface area contributed by atoms with Crippen molar-refractivity contribution in [3.05, 3.63) is 41.6 Å². The molecule has 0 atom stereocenters. The van der Waals surface area contributed by atoms with Crippen LogP contribution in [-0.2, 0) is 6.42 Å². The number of ketones is 1. The van der Waals surface area contributed by atoms with E-state index in [0.29, 0.717) is 11.5 Å². The third-order valence-electron chi connectivity index (χ3n) is 2.65. The van der Waals surface area contributed by atoms with E-state index in [9.17, 15) is 4.79 Å². The molecule has 0 bridgehead atoms. The van der Waals surface area contributed by atoms with Gasteiger partial charge < -0.3 is 4.52 Å². The Kier molecular flexibility index (Phi) is 3.38. The second-order valence-corrected chi connectivity index (χ2v) is 4.08. The monoisotopic (exact) mass is 229 g/mol. The van der Waals surface area contributed by atoms with Crippen molar-refractivity contribution >= 4 is 5.78 Å². The predicted molar refractivity (Wildman–Crippen MR) is 65.9 cm³/mol. The number of carbonyl (C=O) groups excluding carboxylic acids is 1. The van der Waals surface area contributed by atoms with Gasteiger partial charge in [-0.15, -0.1) is 0 Å². The minimum absolute atomic E-state index is 0.0809. The van der Waals surface area contributed by atoms with Crippen LogP contribution >= 0.6 is 0 Å². The average Bonchev–Trinajstić information content (AvgIpc) is 2.80. The fourth-order valence-corrected chi connectivity index (χ4v) is 1.70. The highest BCUT2D eigenvalue weighted by Crippen LogP contribution is 2.21. The molecule has 0 saturated heterocycles. The molecule has 0 saturated carbocycles. The van der Waals surface area contributed by atoms with Gasteiger partial charge in [-0.2, -0.15) is 0 Å². The van der Waals surface area contributed by atoms with Crippen LogP contribution in [0.25, 0.3) is 11.3 Å². The number of aryl methyl sites for hydroxylation is 1. The molecular formula is C14H15NO2. The van der Waals surface area contributed by atoms with Crippen LogP contribution in [0.5, 0.6) is 0 Å². The lowest BCUT2D eigenvalue weighted by atomic mass is 10.1. The quantitative estimate of drug-likeness (QED) is 0.753. The second kappa shape index (κ2) is 4.95. The van der Waals surface area contributed by atoms with Crippen molar-refractivity contribution in [2.75, 3.05) is 0 Å². The van der Waals surface area contributed by atoms with Gasteiger partial charge in [0.1, 0.15) is 5.69 Å². The molecule has 2 rings (SSSR count). The Hall–Kier alpha value is -1.90. The first-order valence-corrected chi connectivity index (χ1v) is 5.77. The predicted octanol–water partition coefficient (Wildman–Crippen LogP) is 3.50. The number of rotatable bonds is 4. The summed E-state index contributed by atoms with van der Waals surface area (Å²) in [5.41, 5.74) is 2.63. The SMILES string of the molecule is CCCc1ccc(-c2cc(C(C)=O)no2)cc1. The molecule has 0 unspecified atom stereocenters. The van der Waals surface area contributed by atoms with E-state index in [4.69, 9.17) is 4.52 Å². The summed E-state index contributed by atoms with van der Waals surface area (Å²) < 4.78 is 5.14. The summed E-state index contributed by atoms with van der Waals surface area (Å²) in [7, 11) is 0. The summed E-state index contributed by atoms with van der Waals surface area (Å²) in [5, 5.41) is 3.73. The van der Waals surface area contributed by atoms with Gasteiger partial charge in [0.15, 0.2) is 11.5 Å². The number of Topliss-reactive ketones (excluding diaryl/α,β-unsaturated/α-hetero) is 1. The maximum atomic E-state index is 11.1. The highest BCUT2D eigenvalue weighted by molar-refractivity contribution is 5.92. The molecular weight excluding hydrogens is 214 g/mol. The molecule has 1 heterocycles. The Morgan fingerprint density at radius 1 is 1.29 bits per heavy atom. The Labute approximate surface area is 100 Å². The largest absolute Gasteiger partial charge is 0.356 e. The van der Waals surface area contributed by atoms with Gasteiger partial charge in [-0.25, -0.2) is 0 Å². The van der Waals surface area contributed by atoms with Gasteiger partial charge in [0, 0.05) is 18.6 Å². The molecule has 17 heavy (non-hydrogen) atoms. The molecule has 1 aromatic heterocycles. The van der Waals surface area contributed by atoms with Crippen LogP contribution in [0.4, 0.5) is 0 Å². The lowest BCUT2D eigenvalue weighted by Gasteiger charge is -1.99. The Balaban J connectivity index is 2.23. The maximum Gasteiger partial charge on any atom is 0.181 e. The first-order valence-electron chi connectivity index (χ1n) is 5.77. The summed E-state index contributed by atoms with van der Waals surface area (Å²) in [6, 6.07) is 9.82. The number of hydrogen-bond donors (Lipinski definition) is 0. The van der Waals surface area contributed by atoms with Gasteiger partial charge in [0.2, 0.25) is 0 Å². The van der Waals surface area contributed by atoms with Crippen LogP contribution in [-0.4, -0.2) is 10.9 Å². The summed E-state index contributed by atoms with van der Waals surface area (Å²) >= 11 is 0. The van der Waals surface area contributed by atoms with E-state index >= 15 is 0 Å². The molecule has 3 heteroatoms. The van der Waals surface area contributed by atoms with E-state index in [1.165, 1.54) is 12.5 Å². The smallest absolute Gasteiger partial charge is 0.181 e. The molecule has 0 fully saturated rings. The Morgan fingerprint density at radius 2 is 2.00 bits per heavy atom. The molecule has 3 nitrogen and oxygen atoms in total. The maximum absolute atomic E-state index is 11.1. The molecule has 2 aromatic rings. The van der Waals surface area contributed by atoms with Crippen LogP contribution in [0.2, 0.25) is 0 Å². The molecule has 0 aliphatic carbocycles. The number of aromatic nitrogens is 1. The van der Waals surface area contributed by atoms with Gasteiger partial charge >= 0.3 is 0 Å². The second-order valence-electron chi connectivity index (χ2n) is 4.08. The zero-order valence-electron chi connectivity index (χ0n) is 10.1. The Morgan fingerprint density at radius 3 is 2.53 bits per heavy atom. The topological polar surface area (TPSA) is 43.1 Å². The van der Waals surface area contributed by atoms with Crippen LogP contribution in [0, 0.1) is 0 Å². The van der Waals surface area contributed by atoms with Crippen molar-refractivity contribution in [2.24, 2.45) is 0 Å². The van der Waals surface area contributed by atoms with Crippen LogP contribution in [0.15, 0.2) is 34.9 Å². The van der Waals surface area contributed by atoms with Crippen molar-refractivity contribution < 1.29 is 9.32 Å². The highest BCUT2D eigenvalue weighted by atomic mass is 16.5. The number of carbonyl (C=O) groups is 1. The summed E-state index contributed by atoms with van der Waals surface area (Å²) in [6.07, 6.45) is 2.21. The Bertz CT molecular complexity index is 511. The van der Waals surface area contributed by atoms with Gasteiger partial charge in [-0.05, 0) is 12.0 Å². The normalized spacial score (nSPS) is 10.5. The van der Waals surface area contributed by atoms with E-state index in [1.54, 1.807) is 6.07 Å². The summed E-state index contributed by atoms with van der Waals surface area (Å²) in [5.74, 6) is 0.556. The third-order valence-corrected chi connectivity index (χ3v) is 2.65. The third kappa shape index (κ3) is 2.61. The van der Waals surface area contributed by atoms with E-state index in [-0.39, 0.29) is 5.78 Å². The van der Waals surface area contributed by atoms with Crippen molar-refractivity contribution in [3.63, 3.8) is 0 Å². The molecule has 0 radical (unpaired) electrons. The summed E-state index contributed by atoms with van der Waals surface area (Å²) in [4.78, 5) is 11.1. The average molecular weight is 229 g/mol. The van der Waals surface area contributed by atoms with Crippen molar-refractivity contribution in [1.82, 2.24) is 5.16 Å². The van der Waals surface area contributed by atoms with Gasteiger partial charge in [-0.1, -0.05) is 42.8 Å². The highest BCUT2D eigenvalue weighted by Gasteiger charge is 2.09. The molecule has 0 spiro atoms. The molecule has 1 aromatic carbocycles. The number of hydrogen-bond acceptors (Lipinski definition) is 3. The van der Waals surface area contributed by atoms with E-state index in [1.807, 2.05) is 12.1 Å². The zero-order chi connectivity index (χ0) is 12.3. The fourth-order valence-electron chi connectivity index (χ4n) is 1.70. The van der Waals surface area contributed by atoms with Crippen LogP contribution in [0.3, 0.4) is 0 Å².